The Balaban J connectivity index is 2.03. The van der Waals surface area contributed by atoms with Gasteiger partial charge >= 0.3 is 0 Å². The van der Waals surface area contributed by atoms with Crippen molar-refractivity contribution in [2.24, 2.45) is 0 Å². The maximum Gasteiger partial charge on any atom is 0.239 e. The van der Waals surface area contributed by atoms with E-state index in [0.717, 1.165) is 22.7 Å². The van der Waals surface area contributed by atoms with Crippen molar-refractivity contribution < 1.29 is 14.3 Å². The summed E-state index contributed by atoms with van der Waals surface area (Å²) >= 11 is 0. The van der Waals surface area contributed by atoms with E-state index in [0.29, 0.717) is 0 Å². The fourth-order valence-electron chi connectivity index (χ4n) is 2.53. The quantitative estimate of drug-likeness (QED) is 0.849. The number of hydrogen-bond donors (Lipinski definition) is 1. The average Bonchev–Trinajstić information content (AvgIpc) is 2.61. The number of nitrogens with one attached hydrogen (secondary N) is 1. The minimum atomic E-state index is -0.188. The van der Waals surface area contributed by atoms with Gasteiger partial charge < -0.3 is 19.7 Å². The molecule has 0 bridgehead atoms. The van der Waals surface area contributed by atoms with Gasteiger partial charge in [-0.3, -0.25) is 4.79 Å². The Morgan fingerprint density at radius 3 is 2.46 bits per heavy atom. The summed E-state index contributed by atoms with van der Waals surface area (Å²) in [5.41, 5.74) is 1.88. The summed E-state index contributed by atoms with van der Waals surface area (Å²) in [6, 6.07) is 15.2. The van der Waals surface area contributed by atoms with Gasteiger partial charge in [0.1, 0.15) is 11.5 Å². The molecule has 0 saturated carbocycles. The third-order valence-corrected chi connectivity index (χ3v) is 3.86. The number of anilines is 1. The van der Waals surface area contributed by atoms with E-state index in [1.54, 1.807) is 14.2 Å². The van der Waals surface area contributed by atoms with Crippen LogP contribution < -0.4 is 19.7 Å². The first-order valence-electron chi connectivity index (χ1n) is 7.82. The molecule has 0 fully saturated rings. The van der Waals surface area contributed by atoms with Crippen LogP contribution >= 0.6 is 0 Å². The van der Waals surface area contributed by atoms with Crippen LogP contribution in [0.3, 0.4) is 0 Å². The Bertz CT molecular complexity index is 674. The number of likely N-dealkylation sites (N-methyl/N-ethyl adjacent to an activating group) is 1. The standard InChI is InChI=1S/C19H24N2O3/c1-14(17-12-16(23-3)10-11-18(17)24-4)20-19(22)13-21(2)15-8-6-5-7-9-15/h5-12,14H,13H2,1-4H3,(H,20,22)/t14-/m0/s1. The Morgan fingerprint density at radius 1 is 1.12 bits per heavy atom. The normalized spacial score (nSPS) is 11.5. The van der Waals surface area contributed by atoms with Crippen molar-refractivity contribution in [2.45, 2.75) is 13.0 Å². The Kier molecular flexibility index (Phi) is 6.07. The number of amides is 1. The van der Waals surface area contributed by atoms with E-state index in [1.807, 2.05) is 67.4 Å². The predicted octanol–water partition coefficient (Wildman–Crippen LogP) is 3.02. The SMILES string of the molecule is COc1ccc(OC)c([C@H](C)NC(=O)CN(C)c2ccccc2)c1. The van der Waals surface area contributed by atoms with E-state index < -0.39 is 0 Å². The van der Waals surface area contributed by atoms with Crippen LogP contribution in [0.15, 0.2) is 48.5 Å². The van der Waals surface area contributed by atoms with Crippen molar-refractivity contribution in [1.82, 2.24) is 5.32 Å². The fraction of sp³-hybridized carbons (Fsp3) is 0.316. The van der Waals surface area contributed by atoms with Gasteiger partial charge in [0.05, 0.1) is 26.8 Å². The molecule has 128 valence electrons. The second-order valence-electron chi connectivity index (χ2n) is 5.59. The highest BCUT2D eigenvalue weighted by atomic mass is 16.5. The van der Waals surface area contributed by atoms with E-state index in [-0.39, 0.29) is 18.5 Å². The lowest BCUT2D eigenvalue weighted by molar-refractivity contribution is -0.120. The average molecular weight is 328 g/mol. The van der Waals surface area contributed by atoms with Gasteiger partial charge in [-0.2, -0.15) is 0 Å². The highest BCUT2D eigenvalue weighted by molar-refractivity contribution is 5.81. The molecule has 5 nitrogen and oxygen atoms in total. The molecule has 0 aliphatic rings. The molecule has 1 atom stereocenters. The highest BCUT2D eigenvalue weighted by Gasteiger charge is 2.16. The molecule has 2 aromatic rings. The summed E-state index contributed by atoms with van der Waals surface area (Å²) in [5, 5.41) is 3.01. The second-order valence-corrected chi connectivity index (χ2v) is 5.59. The van der Waals surface area contributed by atoms with Crippen molar-refractivity contribution in [2.75, 3.05) is 32.7 Å². The van der Waals surface area contributed by atoms with E-state index in [4.69, 9.17) is 9.47 Å². The zero-order valence-electron chi connectivity index (χ0n) is 14.6. The summed E-state index contributed by atoms with van der Waals surface area (Å²) in [5.74, 6) is 1.40. The van der Waals surface area contributed by atoms with E-state index in [9.17, 15) is 4.79 Å². The maximum atomic E-state index is 12.3. The molecule has 1 N–H and O–H groups in total. The van der Waals surface area contributed by atoms with Gasteiger partial charge in [0.2, 0.25) is 5.91 Å². The molecule has 0 aliphatic carbocycles. The maximum absolute atomic E-state index is 12.3. The first-order valence-corrected chi connectivity index (χ1v) is 7.82. The van der Waals surface area contributed by atoms with E-state index in [1.165, 1.54) is 0 Å². The summed E-state index contributed by atoms with van der Waals surface area (Å²) < 4.78 is 10.6. The summed E-state index contributed by atoms with van der Waals surface area (Å²) in [6.07, 6.45) is 0. The number of methoxy groups -OCH3 is 2. The fourth-order valence-corrected chi connectivity index (χ4v) is 2.53. The van der Waals surface area contributed by atoms with Crippen LogP contribution in [0.25, 0.3) is 0 Å². The number of carbonyl (C=O) groups is 1. The van der Waals surface area contributed by atoms with Gasteiger partial charge in [-0.1, -0.05) is 18.2 Å². The van der Waals surface area contributed by atoms with Gasteiger partial charge in [-0.05, 0) is 37.3 Å². The van der Waals surface area contributed by atoms with Gasteiger partial charge in [0.15, 0.2) is 0 Å². The molecule has 0 aliphatic heterocycles. The number of para-hydroxylation sites is 1. The van der Waals surface area contributed by atoms with Crippen LogP contribution in [0.4, 0.5) is 5.69 Å². The molecule has 2 aromatic carbocycles. The van der Waals surface area contributed by atoms with E-state index >= 15 is 0 Å². The first kappa shape index (κ1) is 17.7. The summed E-state index contributed by atoms with van der Waals surface area (Å²) in [4.78, 5) is 14.2. The molecular formula is C19H24N2O3. The lowest BCUT2D eigenvalue weighted by Gasteiger charge is -2.22. The molecule has 5 heteroatoms. The van der Waals surface area contributed by atoms with E-state index in [2.05, 4.69) is 5.32 Å². The molecule has 2 rings (SSSR count). The molecule has 0 aromatic heterocycles. The monoisotopic (exact) mass is 328 g/mol. The number of nitrogens with zero attached hydrogens (tertiary/aromatic N) is 1. The predicted molar refractivity (Wildman–Crippen MR) is 95.8 cm³/mol. The molecule has 0 unspecified atom stereocenters. The van der Waals surface area contributed by atoms with Crippen LogP contribution in [0.5, 0.6) is 11.5 Å². The highest BCUT2D eigenvalue weighted by Crippen LogP contribution is 2.29. The van der Waals surface area contributed by atoms with Crippen molar-refractivity contribution in [3.63, 3.8) is 0 Å². The van der Waals surface area contributed by atoms with Crippen LogP contribution in [0, 0.1) is 0 Å². The van der Waals surface area contributed by atoms with Crippen molar-refractivity contribution in [3.8, 4) is 11.5 Å². The van der Waals surface area contributed by atoms with Crippen molar-refractivity contribution in [3.05, 3.63) is 54.1 Å². The Morgan fingerprint density at radius 2 is 1.83 bits per heavy atom. The Hall–Kier alpha value is -2.69. The smallest absolute Gasteiger partial charge is 0.239 e. The van der Waals surface area contributed by atoms with Crippen LogP contribution in [-0.2, 0) is 4.79 Å². The molecule has 0 heterocycles. The lowest BCUT2D eigenvalue weighted by Crippen LogP contribution is -2.36. The molecule has 0 radical (unpaired) electrons. The number of ether oxygens (including phenoxy) is 2. The van der Waals surface area contributed by atoms with Gasteiger partial charge in [0, 0.05) is 18.3 Å². The number of carbonyl (C=O) groups excluding carboxylic acids is 1. The van der Waals surface area contributed by atoms with Gasteiger partial charge in [-0.25, -0.2) is 0 Å². The minimum Gasteiger partial charge on any atom is -0.497 e. The third kappa shape index (κ3) is 4.41. The largest absolute Gasteiger partial charge is 0.497 e. The Labute approximate surface area is 143 Å². The summed E-state index contributed by atoms with van der Waals surface area (Å²) in [7, 11) is 5.12. The van der Waals surface area contributed by atoms with Crippen molar-refractivity contribution in [1.29, 1.82) is 0 Å². The molecular weight excluding hydrogens is 304 g/mol. The minimum absolute atomic E-state index is 0.0567. The first-order chi connectivity index (χ1) is 11.5. The lowest BCUT2D eigenvalue weighted by atomic mass is 10.1. The zero-order chi connectivity index (χ0) is 17.5. The third-order valence-electron chi connectivity index (χ3n) is 3.86. The number of benzene rings is 2. The number of hydrogen-bond acceptors (Lipinski definition) is 4. The number of rotatable bonds is 7. The van der Waals surface area contributed by atoms with Crippen LogP contribution in [-0.4, -0.2) is 33.7 Å². The summed E-state index contributed by atoms with van der Waals surface area (Å²) in [6.45, 7) is 2.21. The molecule has 0 saturated heterocycles. The topological polar surface area (TPSA) is 50.8 Å². The van der Waals surface area contributed by atoms with Gasteiger partial charge in [0.25, 0.3) is 0 Å². The molecule has 24 heavy (non-hydrogen) atoms. The van der Waals surface area contributed by atoms with Crippen LogP contribution in [0.2, 0.25) is 0 Å². The zero-order valence-corrected chi connectivity index (χ0v) is 14.6. The van der Waals surface area contributed by atoms with Crippen molar-refractivity contribution >= 4 is 11.6 Å². The second kappa shape index (κ2) is 8.24. The van der Waals surface area contributed by atoms with Gasteiger partial charge in [-0.15, -0.1) is 0 Å². The molecule has 1 amide bonds. The van der Waals surface area contributed by atoms with Crippen LogP contribution in [0.1, 0.15) is 18.5 Å². The molecule has 0 spiro atoms.